The van der Waals surface area contributed by atoms with E-state index >= 15 is 0 Å². The molecule has 0 aromatic carbocycles. The van der Waals surface area contributed by atoms with E-state index in [1.807, 2.05) is 0 Å². The number of hydrogen-bond acceptors (Lipinski definition) is 7. The monoisotopic (exact) mass is 338 g/mol. The second-order valence-electron chi connectivity index (χ2n) is 4.46. The van der Waals surface area contributed by atoms with Crippen molar-refractivity contribution in [2.45, 2.75) is 29.8 Å². The molecule has 0 radical (unpaired) electrons. The topological polar surface area (TPSA) is 205 Å². The smallest absolute Gasteiger partial charge is 0.362 e. The minimum atomic E-state index is -5.53. The van der Waals surface area contributed by atoms with Gasteiger partial charge in [-0.2, -0.15) is 0 Å². The summed E-state index contributed by atoms with van der Waals surface area (Å²) >= 11 is 0. The highest BCUT2D eigenvalue weighted by molar-refractivity contribution is 7.54. The molecule has 1 fully saturated rings. The van der Waals surface area contributed by atoms with Gasteiger partial charge in [-0.05, 0) is 0 Å². The lowest BCUT2D eigenvalue weighted by Gasteiger charge is -2.47. The molecule has 1 saturated heterocycles. The molecule has 0 saturated carbocycles. The summed E-state index contributed by atoms with van der Waals surface area (Å²) in [5, 5.41) is 34.6. The number of hydrogen-bond donors (Lipinski definition) is 8. The summed E-state index contributed by atoms with van der Waals surface area (Å²) in [5.41, 5.74) is 0. The summed E-state index contributed by atoms with van der Waals surface area (Å²) in [7, 11) is -10.4. The highest BCUT2D eigenvalue weighted by Gasteiger charge is 2.65. The Bertz CT molecular complexity index is 442. The minimum absolute atomic E-state index is 0.896. The van der Waals surface area contributed by atoms with Gasteiger partial charge in [0, 0.05) is 0 Å². The number of ether oxygens (including phenoxy) is 1. The molecule has 0 spiro atoms. The highest BCUT2D eigenvalue weighted by atomic mass is 31.2. The lowest BCUT2D eigenvalue weighted by Crippen LogP contribution is -2.67. The molecule has 0 aromatic rings. The third kappa shape index (κ3) is 3.29. The number of aliphatic hydroxyl groups excluding tert-OH is 3. The van der Waals surface area contributed by atoms with Gasteiger partial charge in [-0.15, -0.1) is 0 Å². The van der Waals surface area contributed by atoms with E-state index in [2.05, 4.69) is 0 Å². The molecule has 11 nitrogen and oxygen atoms in total. The standard InChI is InChI=1S/C7H16O11P2/c8-1-3-5(9)6(10)7(11,20(15,16)17)4(18-3)2-19(12,13)14/h3-6,8-11H,1-2H2,(H2,12,13,14)(H2,15,16,17)/t3-,4-,5+,6+,7-/m1/s1. The van der Waals surface area contributed by atoms with Crippen molar-refractivity contribution in [2.24, 2.45) is 0 Å². The van der Waals surface area contributed by atoms with E-state index in [1.165, 1.54) is 0 Å². The maximum Gasteiger partial charge on any atom is 0.362 e. The first-order valence-electron chi connectivity index (χ1n) is 5.29. The van der Waals surface area contributed by atoms with Crippen molar-refractivity contribution in [3.8, 4) is 0 Å². The Morgan fingerprint density at radius 1 is 1.10 bits per heavy atom. The maximum absolute atomic E-state index is 11.3. The van der Waals surface area contributed by atoms with Crippen LogP contribution >= 0.6 is 15.2 Å². The van der Waals surface area contributed by atoms with Gasteiger partial charge in [0.15, 0.2) is 0 Å². The van der Waals surface area contributed by atoms with Crippen LogP contribution in [-0.4, -0.2) is 82.5 Å². The van der Waals surface area contributed by atoms with Crippen molar-refractivity contribution in [1.82, 2.24) is 0 Å². The van der Waals surface area contributed by atoms with Gasteiger partial charge in [-0.1, -0.05) is 0 Å². The summed E-state index contributed by atoms with van der Waals surface area (Å²) in [6.45, 7) is -0.896. The van der Waals surface area contributed by atoms with Crippen molar-refractivity contribution in [3.05, 3.63) is 0 Å². The van der Waals surface area contributed by atoms with Crippen LogP contribution in [0.15, 0.2) is 0 Å². The van der Waals surface area contributed by atoms with Crippen LogP contribution in [0.5, 0.6) is 0 Å². The fourth-order valence-electron chi connectivity index (χ4n) is 1.94. The van der Waals surface area contributed by atoms with Crippen LogP contribution in [0.2, 0.25) is 0 Å². The van der Waals surface area contributed by atoms with Gasteiger partial charge in [0.1, 0.15) is 24.4 Å². The van der Waals surface area contributed by atoms with Crippen molar-refractivity contribution in [1.29, 1.82) is 0 Å². The van der Waals surface area contributed by atoms with Crippen LogP contribution in [0.3, 0.4) is 0 Å². The van der Waals surface area contributed by atoms with Crippen LogP contribution in [0, 0.1) is 0 Å². The molecule has 1 rings (SSSR count). The lowest BCUT2D eigenvalue weighted by molar-refractivity contribution is -0.244. The summed E-state index contributed by atoms with van der Waals surface area (Å²) in [6.07, 6.45) is -9.57. The predicted octanol–water partition coefficient (Wildman–Crippen LogP) is -3.49. The van der Waals surface area contributed by atoms with Gasteiger partial charge in [-0.25, -0.2) is 0 Å². The molecule has 1 aliphatic rings. The van der Waals surface area contributed by atoms with Crippen LogP contribution in [0.4, 0.5) is 0 Å². The third-order valence-corrected chi connectivity index (χ3v) is 5.30. The van der Waals surface area contributed by atoms with Gasteiger partial charge in [0.05, 0.1) is 12.8 Å². The molecule has 20 heavy (non-hydrogen) atoms. The zero-order chi connectivity index (χ0) is 15.9. The van der Waals surface area contributed by atoms with Crippen molar-refractivity contribution in [2.75, 3.05) is 12.8 Å². The van der Waals surface area contributed by atoms with Crippen LogP contribution in [0.1, 0.15) is 0 Å². The quantitative estimate of drug-likeness (QED) is 0.236. The Hall–Kier alpha value is 0.1000. The van der Waals surface area contributed by atoms with Gasteiger partial charge in [0.25, 0.3) is 0 Å². The first-order chi connectivity index (χ1) is 8.84. The van der Waals surface area contributed by atoms with Crippen LogP contribution in [0.25, 0.3) is 0 Å². The average molecular weight is 338 g/mol. The zero-order valence-electron chi connectivity index (χ0n) is 9.92. The zero-order valence-corrected chi connectivity index (χ0v) is 11.7. The number of rotatable bonds is 4. The van der Waals surface area contributed by atoms with Crippen molar-refractivity contribution < 1.29 is 53.9 Å². The molecular formula is C7H16O11P2. The largest absolute Gasteiger partial charge is 0.394 e. The second kappa shape index (κ2) is 5.71. The Kier molecular flexibility index (Phi) is 5.18. The van der Waals surface area contributed by atoms with Crippen molar-refractivity contribution >= 4 is 15.2 Å². The Morgan fingerprint density at radius 3 is 1.95 bits per heavy atom. The number of aliphatic hydroxyl groups is 4. The van der Waals surface area contributed by atoms with Crippen LogP contribution < -0.4 is 0 Å². The summed E-state index contributed by atoms with van der Waals surface area (Å²) in [5.74, 6) is 0. The molecule has 5 atom stereocenters. The van der Waals surface area contributed by atoms with Gasteiger partial charge in [0.2, 0.25) is 5.34 Å². The molecule has 1 aliphatic heterocycles. The lowest BCUT2D eigenvalue weighted by atomic mass is 9.95. The summed E-state index contributed by atoms with van der Waals surface area (Å²) in [6, 6.07) is 0. The summed E-state index contributed by atoms with van der Waals surface area (Å²) in [4.78, 5) is 35.9. The average Bonchev–Trinajstić information content (AvgIpc) is 2.26. The van der Waals surface area contributed by atoms with E-state index in [0.29, 0.717) is 0 Å². The molecule has 0 bridgehead atoms. The second-order valence-corrected chi connectivity index (χ2v) is 7.95. The Morgan fingerprint density at radius 2 is 1.60 bits per heavy atom. The molecule has 0 unspecified atom stereocenters. The molecule has 0 aromatic heterocycles. The van der Waals surface area contributed by atoms with E-state index in [1.54, 1.807) is 0 Å². The SMILES string of the molecule is O=P(O)(O)C[C@H]1O[C@H](CO)[C@H](O)[C@H](O)[C@]1(O)P(=O)(O)O. The van der Waals surface area contributed by atoms with Gasteiger partial charge >= 0.3 is 15.2 Å². The van der Waals surface area contributed by atoms with E-state index in [0.717, 1.165) is 0 Å². The Balaban J connectivity index is 3.26. The maximum atomic E-state index is 11.3. The van der Waals surface area contributed by atoms with Crippen molar-refractivity contribution in [3.63, 3.8) is 0 Å². The first kappa shape index (κ1) is 18.1. The van der Waals surface area contributed by atoms with E-state index in [4.69, 9.17) is 29.4 Å². The molecule has 13 heteroatoms. The van der Waals surface area contributed by atoms with Gasteiger partial charge < -0.3 is 44.7 Å². The molecule has 0 amide bonds. The Labute approximate surface area is 112 Å². The van der Waals surface area contributed by atoms with E-state index in [-0.39, 0.29) is 0 Å². The molecule has 8 N–H and O–H groups in total. The normalized spacial score (nSPS) is 39.8. The predicted molar refractivity (Wildman–Crippen MR) is 61.7 cm³/mol. The van der Waals surface area contributed by atoms with E-state index in [9.17, 15) is 24.4 Å². The fraction of sp³-hybridized carbons (Fsp3) is 1.00. The van der Waals surface area contributed by atoms with Crippen LogP contribution in [-0.2, 0) is 13.9 Å². The highest BCUT2D eigenvalue weighted by Crippen LogP contribution is 2.58. The fourth-order valence-corrected chi connectivity index (χ4v) is 3.91. The molecule has 1 heterocycles. The molecule has 120 valence electrons. The van der Waals surface area contributed by atoms with Gasteiger partial charge in [-0.3, -0.25) is 9.13 Å². The third-order valence-electron chi connectivity index (χ3n) is 3.00. The van der Waals surface area contributed by atoms with E-state index < -0.39 is 57.7 Å². The minimum Gasteiger partial charge on any atom is -0.394 e. The summed E-state index contributed by atoms with van der Waals surface area (Å²) < 4.78 is 27.0. The first-order valence-corrected chi connectivity index (χ1v) is 8.70. The molecular weight excluding hydrogens is 322 g/mol. The molecule has 0 aliphatic carbocycles.